The lowest BCUT2D eigenvalue weighted by atomic mass is 9.62. The Labute approximate surface area is 140 Å². The van der Waals surface area contributed by atoms with E-state index in [4.69, 9.17) is 0 Å². The maximum atomic E-state index is 11.3. The third kappa shape index (κ3) is 3.32. The lowest BCUT2D eigenvalue weighted by Gasteiger charge is -2.43. The second-order valence-corrected chi connectivity index (χ2v) is 7.76. The largest absolute Gasteiger partial charge is 0.478 e. The fourth-order valence-electron chi connectivity index (χ4n) is 5.22. The first-order valence-corrected chi connectivity index (χ1v) is 9.49. The highest BCUT2D eigenvalue weighted by atomic mass is 16.4. The quantitative estimate of drug-likeness (QED) is 0.743. The molecule has 3 atom stereocenters. The van der Waals surface area contributed by atoms with Crippen molar-refractivity contribution in [2.24, 2.45) is 11.8 Å². The van der Waals surface area contributed by atoms with Gasteiger partial charge in [0, 0.05) is 0 Å². The summed E-state index contributed by atoms with van der Waals surface area (Å²) in [6.45, 7) is 4.58. The lowest BCUT2D eigenvalue weighted by Crippen LogP contribution is -2.30. The Hall–Kier alpha value is -1.31. The van der Waals surface area contributed by atoms with E-state index in [1.165, 1.54) is 62.5 Å². The van der Waals surface area contributed by atoms with Crippen molar-refractivity contribution >= 4 is 5.97 Å². The summed E-state index contributed by atoms with van der Waals surface area (Å²) in [4.78, 5) is 11.3. The van der Waals surface area contributed by atoms with Gasteiger partial charge in [-0.3, -0.25) is 0 Å². The molecule has 1 aromatic carbocycles. The summed E-state index contributed by atoms with van der Waals surface area (Å²) < 4.78 is 0. The van der Waals surface area contributed by atoms with Crippen LogP contribution in [0.15, 0.2) is 18.2 Å². The monoisotopic (exact) mass is 314 g/mol. The van der Waals surface area contributed by atoms with E-state index in [0.29, 0.717) is 17.4 Å². The number of carboxylic acid groups (broad SMARTS) is 1. The second-order valence-electron chi connectivity index (χ2n) is 7.76. The molecule has 1 unspecified atom stereocenters. The first kappa shape index (κ1) is 16.5. The average Bonchev–Trinajstić information content (AvgIpc) is 2.56. The predicted molar refractivity (Wildman–Crippen MR) is 94.1 cm³/mol. The highest BCUT2D eigenvalue weighted by Crippen LogP contribution is 2.51. The maximum absolute atomic E-state index is 11.3. The zero-order valence-corrected chi connectivity index (χ0v) is 14.6. The van der Waals surface area contributed by atoms with Gasteiger partial charge in [0.05, 0.1) is 5.56 Å². The molecule has 1 aromatic rings. The van der Waals surface area contributed by atoms with Crippen LogP contribution in [0.2, 0.25) is 0 Å². The normalized spacial score (nSPS) is 28.3. The van der Waals surface area contributed by atoms with Crippen LogP contribution in [0.1, 0.15) is 98.5 Å². The summed E-state index contributed by atoms with van der Waals surface area (Å²) in [5, 5.41) is 9.32. The molecule has 1 fully saturated rings. The standard InChI is InChI=1S/C21H30O2/c1-3-7-16-12-14(2)19-13-17(21(22)23)10-11-18(19)20(16)15-8-5-4-6-9-15/h10-11,13-16,20H,3-9,12H2,1-2H3,(H,22,23)/t14?,16-,20+/m1/s1. The molecule has 2 heteroatoms. The molecule has 0 bridgehead atoms. The van der Waals surface area contributed by atoms with E-state index in [1.54, 1.807) is 0 Å². The van der Waals surface area contributed by atoms with Crippen molar-refractivity contribution < 1.29 is 9.90 Å². The SMILES string of the molecule is CCC[C@@H]1CC(C)c2cc(C(=O)O)ccc2[C@H]1C1CCCCC1. The van der Waals surface area contributed by atoms with Gasteiger partial charge in [0.2, 0.25) is 0 Å². The zero-order chi connectivity index (χ0) is 16.4. The molecule has 1 N–H and O–H groups in total. The van der Waals surface area contributed by atoms with Gasteiger partial charge < -0.3 is 5.11 Å². The van der Waals surface area contributed by atoms with Crippen molar-refractivity contribution in [1.29, 1.82) is 0 Å². The van der Waals surface area contributed by atoms with Crippen LogP contribution in [0.25, 0.3) is 0 Å². The number of aromatic carboxylic acids is 1. The van der Waals surface area contributed by atoms with E-state index >= 15 is 0 Å². The highest BCUT2D eigenvalue weighted by Gasteiger charge is 2.37. The average molecular weight is 314 g/mol. The van der Waals surface area contributed by atoms with Crippen LogP contribution in [-0.4, -0.2) is 11.1 Å². The van der Waals surface area contributed by atoms with Crippen LogP contribution in [0.4, 0.5) is 0 Å². The molecule has 0 heterocycles. The molecule has 0 aliphatic heterocycles. The van der Waals surface area contributed by atoms with Crippen LogP contribution < -0.4 is 0 Å². The van der Waals surface area contributed by atoms with Gasteiger partial charge in [-0.2, -0.15) is 0 Å². The van der Waals surface area contributed by atoms with Gasteiger partial charge >= 0.3 is 5.97 Å². The summed E-state index contributed by atoms with van der Waals surface area (Å²) in [7, 11) is 0. The topological polar surface area (TPSA) is 37.3 Å². The lowest BCUT2D eigenvalue weighted by molar-refractivity contribution is 0.0696. The van der Waals surface area contributed by atoms with Gasteiger partial charge in [-0.1, -0.05) is 52.0 Å². The van der Waals surface area contributed by atoms with Crippen LogP contribution in [0.5, 0.6) is 0 Å². The predicted octanol–water partition coefficient (Wildman–Crippen LogP) is 5.97. The van der Waals surface area contributed by atoms with E-state index in [9.17, 15) is 9.90 Å². The molecule has 23 heavy (non-hydrogen) atoms. The van der Waals surface area contributed by atoms with Crippen molar-refractivity contribution in [2.75, 3.05) is 0 Å². The van der Waals surface area contributed by atoms with Crippen molar-refractivity contribution in [3.8, 4) is 0 Å². The Balaban J connectivity index is 1.99. The first-order chi connectivity index (χ1) is 11.1. The van der Waals surface area contributed by atoms with Crippen molar-refractivity contribution in [3.05, 3.63) is 34.9 Å². The molecule has 2 nitrogen and oxygen atoms in total. The number of carbonyl (C=O) groups is 1. The van der Waals surface area contributed by atoms with Crippen molar-refractivity contribution in [3.63, 3.8) is 0 Å². The molecule has 126 valence electrons. The Bertz CT molecular complexity index is 557. The summed E-state index contributed by atoms with van der Waals surface area (Å²) >= 11 is 0. The minimum atomic E-state index is -0.801. The molecule has 2 aliphatic carbocycles. The molecule has 0 aromatic heterocycles. The Morgan fingerprint density at radius 2 is 1.91 bits per heavy atom. The van der Waals surface area contributed by atoms with Gasteiger partial charge in [0.25, 0.3) is 0 Å². The molecule has 0 amide bonds. The Morgan fingerprint density at radius 3 is 2.57 bits per heavy atom. The number of benzene rings is 1. The number of rotatable bonds is 4. The Morgan fingerprint density at radius 1 is 1.17 bits per heavy atom. The van der Waals surface area contributed by atoms with Crippen LogP contribution in [0.3, 0.4) is 0 Å². The molecular weight excluding hydrogens is 284 g/mol. The van der Waals surface area contributed by atoms with Gasteiger partial charge in [-0.15, -0.1) is 0 Å². The fraction of sp³-hybridized carbons (Fsp3) is 0.667. The number of hydrogen-bond donors (Lipinski definition) is 1. The fourth-order valence-corrected chi connectivity index (χ4v) is 5.22. The molecule has 0 radical (unpaired) electrons. The summed E-state index contributed by atoms with van der Waals surface area (Å²) in [6, 6.07) is 5.94. The van der Waals surface area contributed by atoms with E-state index in [2.05, 4.69) is 19.9 Å². The highest BCUT2D eigenvalue weighted by molar-refractivity contribution is 5.88. The van der Waals surface area contributed by atoms with E-state index < -0.39 is 5.97 Å². The maximum Gasteiger partial charge on any atom is 0.335 e. The van der Waals surface area contributed by atoms with E-state index in [-0.39, 0.29) is 0 Å². The van der Waals surface area contributed by atoms with Crippen LogP contribution >= 0.6 is 0 Å². The zero-order valence-electron chi connectivity index (χ0n) is 14.6. The minimum absolute atomic E-state index is 0.451. The molecular formula is C21H30O2. The van der Waals surface area contributed by atoms with Gasteiger partial charge in [-0.05, 0) is 66.2 Å². The molecule has 2 aliphatic rings. The van der Waals surface area contributed by atoms with Gasteiger partial charge in [-0.25, -0.2) is 4.79 Å². The number of fused-ring (bicyclic) bond motifs is 1. The molecule has 1 saturated carbocycles. The smallest absolute Gasteiger partial charge is 0.335 e. The van der Waals surface area contributed by atoms with Gasteiger partial charge in [0.1, 0.15) is 0 Å². The molecule has 0 saturated heterocycles. The van der Waals surface area contributed by atoms with Crippen LogP contribution in [0, 0.1) is 11.8 Å². The Kier molecular flexibility index (Phi) is 5.08. The minimum Gasteiger partial charge on any atom is -0.478 e. The van der Waals surface area contributed by atoms with Crippen LogP contribution in [-0.2, 0) is 0 Å². The third-order valence-electron chi connectivity index (χ3n) is 6.21. The molecule has 3 rings (SSSR count). The summed E-state index contributed by atoms with van der Waals surface area (Å²) in [5.41, 5.74) is 3.24. The van der Waals surface area contributed by atoms with E-state index in [0.717, 1.165) is 11.8 Å². The van der Waals surface area contributed by atoms with Gasteiger partial charge in [0.15, 0.2) is 0 Å². The van der Waals surface area contributed by atoms with Crippen molar-refractivity contribution in [2.45, 2.75) is 77.0 Å². The third-order valence-corrected chi connectivity index (χ3v) is 6.21. The van der Waals surface area contributed by atoms with Crippen molar-refractivity contribution in [1.82, 2.24) is 0 Å². The van der Waals surface area contributed by atoms with E-state index in [1.807, 2.05) is 12.1 Å². The second kappa shape index (κ2) is 7.07. The number of carboxylic acids is 1. The summed E-state index contributed by atoms with van der Waals surface area (Å²) in [6.07, 6.45) is 10.7. The summed E-state index contributed by atoms with van der Waals surface area (Å²) in [5.74, 6) is 1.93. The number of hydrogen-bond acceptors (Lipinski definition) is 1. The molecule has 0 spiro atoms. The first-order valence-electron chi connectivity index (χ1n) is 9.49.